The van der Waals surface area contributed by atoms with Crippen molar-refractivity contribution in [1.29, 1.82) is 0 Å². The first-order valence-electron chi connectivity index (χ1n) is 11.5. The predicted octanol–water partition coefficient (Wildman–Crippen LogP) is 4.72. The van der Waals surface area contributed by atoms with Gasteiger partial charge < -0.3 is 20.1 Å². The quantitative estimate of drug-likeness (QED) is 0.395. The highest BCUT2D eigenvalue weighted by molar-refractivity contribution is 6.06. The van der Waals surface area contributed by atoms with Gasteiger partial charge in [-0.15, -0.1) is 0 Å². The van der Waals surface area contributed by atoms with E-state index in [1.807, 2.05) is 13.8 Å². The molecule has 2 amide bonds. The van der Waals surface area contributed by atoms with E-state index >= 15 is 0 Å². The van der Waals surface area contributed by atoms with Gasteiger partial charge in [0.1, 0.15) is 5.69 Å². The second-order valence-corrected chi connectivity index (χ2v) is 7.77. The highest BCUT2D eigenvalue weighted by atomic mass is 16.5. The molecule has 0 bridgehead atoms. The monoisotopic (exact) mass is 489 g/mol. The Bertz CT molecular complexity index is 1110. The van der Waals surface area contributed by atoms with Crippen molar-refractivity contribution in [3.63, 3.8) is 0 Å². The van der Waals surface area contributed by atoms with Crippen molar-refractivity contribution >= 4 is 35.1 Å². The van der Waals surface area contributed by atoms with Crippen molar-refractivity contribution in [3.05, 3.63) is 89.2 Å². The van der Waals surface area contributed by atoms with Crippen LogP contribution in [0.2, 0.25) is 0 Å². The van der Waals surface area contributed by atoms with E-state index in [-0.39, 0.29) is 11.3 Å². The largest absolute Gasteiger partial charge is 0.462 e. The summed E-state index contributed by atoms with van der Waals surface area (Å²) >= 11 is 0. The Kier molecular flexibility index (Phi) is 9.27. The first-order chi connectivity index (χ1) is 17.4. The van der Waals surface area contributed by atoms with Crippen LogP contribution in [0, 0.1) is 0 Å². The molecule has 0 saturated heterocycles. The maximum absolute atomic E-state index is 12.5. The lowest BCUT2D eigenvalue weighted by atomic mass is 10.2. The number of esters is 2. The van der Waals surface area contributed by atoms with Crippen LogP contribution in [0.25, 0.3) is 0 Å². The normalized spacial score (nSPS) is 10.3. The van der Waals surface area contributed by atoms with Crippen molar-refractivity contribution < 1.29 is 28.7 Å². The van der Waals surface area contributed by atoms with E-state index < -0.39 is 23.8 Å². The van der Waals surface area contributed by atoms with Gasteiger partial charge >= 0.3 is 11.9 Å². The van der Waals surface area contributed by atoms with E-state index in [4.69, 9.17) is 9.47 Å². The molecular formula is C27H27N3O6. The number of hydrogen-bond acceptors (Lipinski definition) is 7. The van der Waals surface area contributed by atoms with Gasteiger partial charge in [0.15, 0.2) is 0 Å². The SMILES string of the molecule is CCCOC(=O)c1ccc(NC(=O)c2ccc(C(=O)Nc3ccc(C(=O)OCCC)cc3)nc2)cc1. The number of carbonyl (C=O) groups excluding carboxylic acids is 4. The maximum atomic E-state index is 12.5. The summed E-state index contributed by atoms with van der Waals surface area (Å²) in [6.07, 6.45) is 2.77. The summed E-state index contributed by atoms with van der Waals surface area (Å²) in [4.78, 5) is 52.8. The van der Waals surface area contributed by atoms with Crippen molar-refractivity contribution in [2.45, 2.75) is 26.7 Å². The number of ether oxygens (including phenoxy) is 2. The summed E-state index contributed by atoms with van der Waals surface area (Å²) in [7, 11) is 0. The lowest BCUT2D eigenvalue weighted by Crippen LogP contribution is -2.16. The van der Waals surface area contributed by atoms with Gasteiger partial charge in [0.2, 0.25) is 0 Å². The third kappa shape index (κ3) is 7.23. The van der Waals surface area contributed by atoms with E-state index in [1.54, 1.807) is 48.5 Å². The van der Waals surface area contributed by atoms with E-state index in [1.165, 1.54) is 18.3 Å². The van der Waals surface area contributed by atoms with Crippen LogP contribution in [0.3, 0.4) is 0 Å². The maximum Gasteiger partial charge on any atom is 0.338 e. The zero-order valence-electron chi connectivity index (χ0n) is 20.1. The van der Waals surface area contributed by atoms with Crippen LogP contribution in [0.5, 0.6) is 0 Å². The van der Waals surface area contributed by atoms with Crippen LogP contribution in [-0.2, 0) is 9.47 Å². The second-order valence-electron chi connectivity index (χ2n) is 7.77. The lowest BCUT2D eigenvalue weighted by molar-refractivity contribution is 0.0496. The number of hydrogen-bond donors (Lipinski definition) is 2. The van der Waals surface area contributed by atoms with Crippen LogP contribution in [0.15, 0.2) is 66.9 Å². The van der Waals surface area contributed by atoms with Gasteiger partial charge in [0, 0.05) is 17.6 Å². The van der Waals surface area contributed by atoms with Gasteiger partial charge in [0.25, 0.3) is 11.8 Å². The minimum Gasteiger partial charge on any atom is -0.462 e. The molecule has 0 radical (unpaired) electrons. The average Bonchev–Trinajstić information content (AvgIpc) is 2.91. The van der Waals surface area contributed by atoms with E-state index in [2.05, 4.69) is 15.6 Å². The number of anilines is 2. The fraction of sp³-hybridized carbons (Fsp3) is 0.222. The number of aromatic nitrogens is 1. The first kappa shape index (κ1) is 26.1. The molecule has 0 saturated carbocycles. The number of rotatable bonds is 10. The lowest BCUT2D eigenvalue weighted by Gasteiger charge is -2.08. The number of benzene rings is 2. The Labute approximate surface area is 208 Å². The van der Waals surface area contributed by atoms with E-state index in [0.717, 1.165) is 12.8 Å². The van der Waals surface area contributed by atoms with Crippen LogP contribution in [0.4, 0.5) is 11.4 Å². The zero-order valence-corrected chi connectivity index (χ0v) is 20.1. The van der Waals surface area contributed by atoms with Gasteiger partial charge in [0.05, 0.1) is 29.9 Å². The van der Waals surface area contributed by atoms with Crippen LogP contribution in [-0.4, -0.2) is 42.0 Å². The Balaban J connectivity index is 1.55. The smallest absolute Gasteiger partial charge is 0.338 e. The topological polar surface area (TPSA) is 124 Å². The van der Waals surface area contributed by atoms with Crippen LogP contribution < -0.4 is 10.6 Å². The summed E-state index contributed by atoms with van der Waals surface area (Å²) in [5, 5.41) is 5.40. The van der Waals surface area contributed by atoms with Gasteiger partial charge in [-0.3, -0.25) is 14.6 Å². The Hall–Kier alpha value is -4.53. The zero-order chi connectivity index (χ0) is 25.9. The molecule has 0 aliphatic carbocycles. The Morgan fingerprint density at radius 1 is 0.639 bits per heavy atom. The fourth-order valence-corrected chi connectivity index (χ4v) is 3.00. The molecule has 0 aliphatic heterocycles. The van der Waals surface area contributed by atoms with E-state index in [9.17, 15) is 19.2 Å². The molecule has 2 aromatic carbocycles. The number of carbonyl (C=O) groups is 4. The number of nitrogens with one attached hydrogen (secondary N) is 2. The molecule has 2 N–H and O–H groups in total. The minimum absolute atomic E-state index is 0.118. The van der Waals surface area contributed by atoms with Crippen molar-refractivity contribution in [3.8, 4) is 0 Å². The van der Waals surface area contributed by atoms with Gasteiger partial charge in [-0.1, -0.05) is 13.8 Å². The summed E-state index contributed by atoms with van der Waals surface area (Å²) < 4.78 is 10.2. The highest BCUT2D eigenvalue weighted by Gasteiger charge is 2.13. The molecule has 1 aromatic heterocycles. The summed E-state index contributed by atoms with van der Waals surface area (Å²) in [6, 6.07) is 15.6. The van der Waals surface area contributed by atoms with Crippen LogP contribution >= 0.6 is 0 Å². The molecule has 0 aliphatic rings. The fourth-order valence-electron chi connectivity index (χ4n) is 3.00. The predicted molar refractivity (Wildman–Crippen MR) is 134 cm³/mol. The summed E-state index contributed by atoms with van der Waals surface area (Å²) in [6.45, 7) is 4.51. The molecule has 9 nitrogen and oxygen atoms in total. The van der Waals surface area contributed by atoms with Crippen molar-refractivity contribution in [2.24, 2.45) is 0 Å². The van der Waals surface area contributed by atoms with E-state index in [0.29, 0.717) is 35.7 Å². The summed E-state index contributed by atoms with van der Waals surface area (Å²) in [5.74, 6) is -1.72. The first-order valence-corrected chi connectivity index (χ1v) is 11.5. The molecule has 0 spiro atoms. The summed E-state index contributed by atoms with van der Waals surface area (Å²) in [5.41, 5.74) is 2.14. The highest BCUT2D eigenvalue weighted by Crippen LogP contribution is 2.14. The molecule has 0 unspecified atom stereocenters. The number of nitrogens with zero attached hydrogens (tertiary/aromatic N) is 1. The Morgan fingerprint density at radius 2 is 1.08 bits per heavy atom. The minimum atomic E-state index is -0.464. The van der Waals surface area contributed by atoms with Crippen molar-refractivity contribution in [2.75, 3.05) is 23.8 Å². The molecule has 3 aromatic rings. The van der Waals surface area contributed by atoms with Gasteiger partial charge in [-0.25, -0.2) is 9.59 Å². The molecule has 1 heterocycles. The second kappa shape index (κ2) is 12.8. The third-order valence-electron chi connectivity index (χ3n) is 4.89. The average molecular weight is 490 g/mol. The molecule has 186 valence electrons. The standard InChI is InChI=1S/C27H27N3O6/c1-3-15-35-26(33)18-5-10-21(11-6-18)29-24(31)20-9-14-23(28-17-20)25(32)30-22-12-7-19(8-13-22)27(34)36-16-4-2/h5-14,17H,3-4,15-16H2,1-2H3,(H,29,31)(H,30,32). The Morgan fingerprint density at radius 3 is 1.50 bits per heavy atom. The molecule has 3 rings (SSSR count). The number of amides is 2. The van der Waals surface area contributed by atoms with Gasteiger partial charge in [-0.05, 0) is 73.5 Å². The molecule has 0 fully saturated rings. The van der Waals surface area contributed by atoms with Gasteiger partial charge in [-0.2, -0.15) is 0 Å². The van der Waals surface area contributed by atoms with Crippen molar-refractivity contribution in [1.82, 2.24) is 4.98 Å². The third-order valence-corrected chi connectivity index (χ3v) is 4.89. The number of pyridine rings is 1. The molecule has 9 heteroatoms. The van der Waals surface area contributed by atoms with Crippen LogP contribution in [0.1, 0.15) is 68.3 Å². The molecule has 0 atom stereocenters. The molecule has 36 heavy (non-hydrogen) atoms. The molecular weight excluding hydrogens is 462 g/mol.